The molecular formula is C19H31IN4O3S. The highest BCUT2D eigenvalue weighted by molar-refractivity contribution is 14.0. The second-order valence-electron chi connectivity index (χ2n) is 7.29. The van der Waals surface area contributed by atoms with E-state index in [-0.39, 0.29) is 48.3 Å². The maximum absolute atomic E-state index is 11.9. The average molecular weight is 522 g/mol. The number of ether oxygens (including phenoxy) is 2. The van der Waals surface area contributed by atoms with Crippen LogP contribution in [0.3, 0.4) is 0 Å². The van der Waals surface area contributed by atoms with Crippen LogP contribution in [0.1, 0.15) is 37.0 Å². The molecule has 0 bridgehead atoms. The number of hydrogen-bond donors (Lipinski definition) is 2. The van der Waals surface area contributed by atoms with Crippen molar-refractivity contribution in [2.45, 2.75) is 50.5 Å². The third kappa shape index (κ3) is 6.85. The summed E-state index contributed by atoms with van der Waals surface area (Å²) in [6.07, 6.45) is 5.57. The molecule has 1 aliphatic heterocycles. The molecule has 158 valence electrons. The first kappa shape index (κ1) is 23.4. The zero-order chi connectivity index (χ0) is 19.1. The summed E-state index contributed by atoms with van der Waals surface area (Å²) in [7, 11) is 3.47. The van der Waals surface area contributed by atoms with E-state index in [9.17, 15) is 4.79 Å². The van der Waals surface area contributed by atoms with Gasteiger partial charge < -0.3 is 25.0 Å². The summed E-state index contributed by atoms with van der Waals surface area (Å²) in [5, 5.41) is 8.65. The number of hydrogen-bond acceptors (Lipinski definition) is 5. The monoisotopic (exact) mass is 522 g/mol. The molecule has 1 aromatic rings. The van der Waals surface area contributed by atoms with Crippen molar-refractivity contribution in [1.29, 1.82) is 0 Å². The minimum Gasteiger partial charge on any atom is -0.354 e. The van der Waals surface area contributed by atoms with E-state index >= 15 is 0 Å². The summed E-state index contributed by atoms with van der Waals surface area (Å²) in [6.45, 7) is 1.99. The Bertz CT molecular complexity index is 633. The average Bonchev–Trinajstić information content (AvgIpc) is 3.32. The minimum absolute atomic E-state index is 0. The van der Waals surface area contributed by atoms with E-state index in [2.05, 4.69) is 21.7 Å². The number of thiophene rings is 1. The number of amides is 1. The molecule has 0 radical (unpaired) electrons. The van der Waals surface area contributed by atoms with Crippen molar-refractivity contribution >= 4 is 47.2 Å². The van der Waals surface area contributed by atoms with E-state index in [4.69, 9.17) is 9.47 Å². The molecule has 1 atom stereocenters. The van der Waals surface area contributed by atoms with Gasteiger partial charge >= 0.3 is 0 Å². The molecule has 2 heterocycles. The van der Waals surface area contributed by atoms with Crippen molar-refractivity contribution in [2.24, 2.45) is 4.99 Å². The lowest BCUT2D eigenvalue weighted by Gasteiger charge is -2.31. The van der Waals surface area contributed by atoms with Gasteiger partial charge in [0.2, 0.25) is 5.91 Å². The van der Waals surface area contributed by atoms with Crippen molar-refractivity contribution in [3.05, 3.63) is 22.4 Å². The highest BCUT2D eigenvalue weighted by Crippen LogP contribution is 2.37. The second kappa shape index (κ2) is 11.3. The van der Waals surface area contributed by atoms with Crippen LogP contribution in [0.15, 0.2) is 22.5 Å². The van der Waals surface area contributed by atoms with E-state index < -0.39 is 0 Å². The standard InChI is InChI=1S/C19H30N4O3S.HI/c1-23(2)17(24)13-22-18(21-12-16-7-6-10-27-16)20-11-15-14-25-19(26-15)8-4-3-5-9-19;/h6-7,10,15H,3-5,8-9,11-14H2,1-2H3,(H2,20,21,22);1H. The van der Waals surface area contributed by atoms with Crippen molar-refractivity contribution < 1.29 is 14.3 Å². The molecule has 1 aliphatic carbocycles. The normalized spacial score (nSPS) is 21.2. The Kier molecular flexibility index (Phi) is 9.45. The Labute approximate surface area is 188 Å². The molecule has 1 saturated carbocycles. The fourth-order valence-electron chi connectivity index (χ4n) is 3.33. The fraction of sp³-hybridized carbons (Fsp3) is 0.684. The second-order valence-corrected chi connectivity index (χ2v) is 8.32. The van der Waals surface area contributed by atoms with Gasteiger partial charge in [0.1, 0.15) is 12.6 Å². The highest BCUT2D eigenvalue weighted by atomic mass is 127. The number of rotatable bonds is 6. The van der Waals surface area contributed by atoms with Crippen LogP contribution in [0.5, 0.6) is 0 Å². The summed E-state index contributed by atoms with van der Waals surface area (Å²) < 4.78 is 12.2. The molecule has 1 saturated heterocycles. The van der Waals surface area contributed by atoms with Crippen LogP contribution in [0.4, 0.5) is 0 Å². The van der Waals surface area contributed by atoms with Gasteiger partial charge in [-0.2, -0.15) is 0 Å². The van der Waals surface area contributed by atoms with Gasteiger partial charge in [-0.25, -0.2) is 4.99 Å². The molecule has 2 fully saturated rings. The smallest absolute Gasteiger partial charge is 0.243 e. The van der Waals surface area contributed by atoms with E-state index in [0.717, 1.165) is 12.8 Å². The van der Waals surface area contributed by atoms with Gasteiger partial charge in [0.05, 0.1) is 13.2 Å². The third-order valence-corrected chi connectivity index (χ3v) is 5.78. The molecule has 28 heavy (non-hydrogen) atoms. The largest absolute Gasteiger partial charge is 0.354 e. The van der Waals surface area contributed by atoms with Crippen LogP contribution < -0.4 is 10.6 Å². The van der Waals surface area contributed by atoms with Gasteiger partial charge in [-0.1, -0.05) is 12.5 Å². The summed E-state index contributed by atoms with van der Waals surface area (Å²) in [6, 6.07) is 4.09. The first-order valence-electron chi connectivity index (χ1n) is 9.63. The van der Waals surface area contributed by atoms with Crippen LogP contribution in [-0.4, -0.2) is 62.4 Å². The zero-order valence-electron chi connectivity index (χ0n) is 16.6. The van der Waals surface area contributed by atoms with Crippen LogP contribution in [-0.2, 0) is 20.8 Å². The highest BCUT2D eigenvalue weighted by Gasteiger charge is 2.42. The number of likely N-dealkylation sites (N-methyl/N-ethyl adjacent to an activating group) is 1. The topological polar surface area (TPSA) is 75.2 Å². The lowest BCUT2D eigenvalue weighted by atomic mass is 9.94. The molecule has 2 N–H and O–H groups in total. The Morgan fingerprint density at radius 2 is 2.11 bits per heavy atom. The summed E-state index contributed by atoms with van der Waals surface area (Å²) in [5.74, 6) is 0.216. The number of carbonyl (C=O) groups is 1. The molecule has 1 amide bonds. The predicted octanol–water partition coefficient (Wildman–Crippen LogP) is 2.57. The lowest BCUT2D eigenvalue weighted by molar-refractivity contribution is -0.186. The van der Waals surface area contributed by atoms with E-state index in [1.54, 1.807) is 30.3 Å². The Morgan fingerprint density at radius 3 is 2.79 bits per heavy atom. The van der Waals surface area contributed by atoms with Gasteiger partial charge in [0.25, 0.3) is 0 Å². The summed E-state index contributed by atoms with van der Waals surface area (Å²) >= 11 is 1.69. The van der Waals surface area contributed by atoms with Crippen molar-refractivity contribution in [1.82, 2.24) is 15.5 Å². The van der Waals surface area contributed by atoms with Crippen LogP contribution >= 0.6 is 35.3 Å². The minimum atomic E-state index is -0.368. The predicted molar refractivity (Wildman–Crippen MR) is 122 cm³/mol. The Balaban J connectivity index is 0.00000280. The number of nitrogens with one attached hydrogen (secondary N) is 2. The Hall–Kier alpha value is -0.910. The number of carbonyl (C=O) groups excluding carboxylic acids is 1. The third-order valence-electron chi connectivity index (χ3n) is 4.91. The van der Waals surface area contributed by atoms with E-state index in [0.29, 0.717) is 25.7 Å². The Morgan fingerprint density at radius 1 is 1.32 bits per heavy atom. The number of guanidine groups is 1. The maximum Gasteiger partial charge on any atom is 0.243 e. The quantitative estimate of drug-likeness (QED) is 0.342. The van der Waals surface area contributed by atoms with Crippen molar-refractivity contribution in [3.63, 3.8) is 0 Å². The molecule has 0 aromatic carbocycles. The van der Waals surface area contributed by atoms with E-state index in [1.807, 2.05) is 11.4 Å². The lowest BCUT2D eigenvalue weighted by Crippen LogP contribution is -2.43. The van der Waals surface area contributed by atoms with Crippen molar-refractivity contribution in [3.8, 4) is 0 Å². The molecule has 1 spiro atoms. The van der Waals surface area contributed by atoms with Gasteiger partial charge in [-0.15, -0.1) is 35.3 Å². The summed E-state index contributed by atoms with van der Waals surface area (Å²) in [4.78, 5) is 19.0. The number of aliphatic imine (C=N–C) groups is 1. The maximum atomic E-state index is 11.9. The van der Waals surface area contributed by atoms with Gasteiger partial charge in [-0.3, -0.25) is 4.79 Å². The molecule has 1 aromatic heterocycles. The molecule has 7 nitrogen and oxygen atoms in total. The summed E-state index contributed by atoms with van der Waals surface area (Å²) in [5.41, 5.74) is 0. The molecule has 3 rings (SSSR count). The van der Waals surface area contributed by atoms with Crippen molar-refractivity contribution in [2.75, 3.05) is 33.8 Å². The van der Waals surface area contributed by atoms with Gasteiger partial charge in [0, 0.05) is 38.4 Å². The molecule has 9 heteroatoms. The van der Waals surface area contributed by atoms with E-state index in [1.165, 1.54) is 24.1 Å². The molecule has 1 unspecified atom stereocenters. The number of halogens is 1. The zero-order valence-corrected chi connectivity index (χ0v) is 19.8. The van der Waals surface area contributed by atoms with Crippen LogP contribution in [0, 0.1) is 0 Å². The van der Waals surface area contributed by atoms with Gasteiger partial charge in [-0.05, 0) is 24.3 Å². The number of nitrogens with zero attached hydrogens (tertiary/aromatic N) is 2. The first-order chi connectivity index (χ1) is 13.1. The molecule has 2 aliphatic rings. The first-order valence-corrected chi connectivity index (χ1v) is 10.5. The molecular weight excluding hydrogens is 491 g/mol. The fourth-order valence-corrected chi connectivity index (χ4v) is 3.97. The van der Waals surface area contributed by atoms with Gasteiger partial charge in [0.15, 0.2) is 11.7 Å². The van der Waals surface area contributed by atoms with Crippen LogP contribution in [0.2, 0.25) is 0 Å². The SMILES string of the molecule is CN(C)C(=O)CN=C(NCc1cccs1)NCC1COC2(CCCCC2)O1.I. The van der Waals surface area contributed by atoms with Crippen LogP contribution in [0.25, 0.3) is 0 Å².